The molecule has 0 amide bonds. The maximum absolute atomic E-state index is 14.6. The number of rotatable bonds is 12. The van der Waals surface area contributed by atoms with Crippen molar-refractivity contribution in [1.82, 2.24) is 0 Å². The van der Waals surface area contributed by atoms with Gasteiger partial charge >= 0.3 is 35.9 Å². The van der Waals surface area contributed by atoms with Gasteiger partial charge in [0.25, 0.3) is 0 Å². The second-order valence-electron chi connectivity index (χ2n) is 5.98. The molecule has 0 aromatic heterocycles. The Kier molecular flexibility index (Phi) is 8.96. The van der Waals surface area contributed by atoms with Crippen molar-refractivity contribution >= 4 is 0 Å². The van der Waals surface area contributed by atoms with Crippen molar-refractivity contribution in [1.29, 1.82) is 0 Å². The van der Waals surface area contributed by atoms with E-state index in [1.165, 1.54) is 0 Å². The summed E-state index contributed by atoms with van der Waals surface area (Å²) in [7, 11) is 0. The average molecular weight is 486 g/mol. The molecule has 0 aliphatic heterocycles. The van der Waals surface area contributed by atoms with Crippen LogP contribution in [0.1, 0.15) is 26.7 Å². The molecule has 2 unspecified atom stereocenters. The van der Waals surface area contributed by atoms with Crippen molar-refractivity contribution in [3.8, 4) is 0 Å². The Labute approximate surface area is 168 Å². The second-order valence-corrected chi connectivity index (χ2v) is 5.98. The summed E-state index contributed by atoms with van der Waals surface area (Å²) in [4.78, 5) is 0. The fraction of sp³-hybridized carbons (Fsp3) is 0.750. The molecule has 0 aromatic carbocycles. The van der Waals surface area contributed by atoms with Crippen molar-refractivity contribution in [2.24, 2.45) is 0 Å². The smallest absolute Gasteiger partial charge is 0.455 e. The van der Waals surface area contributed by atoms with Gasteiger partial charge in [-0.2, -0.15) is 52.7 Å². The molecule has 0 N–H and O–H groups in total. The summed E-state index contributed by atoms with van der Waals surface area (Å²) >= 11 is 0. The van der Waals surface area contributed by atoms with Gasteiger partial charge in [0.1, 0.15) is 0 Å². The molecule has 0 fully saturated rings. The third kappa shape index (κ3) is 5.41. The fourth-order valence-corrected chi connectivity index (χ4v) is 1.82. The van der Waals surface area contributed by atoms with Crippen LogP contribution in [0.15, 0.2) is 24.7 Å². The highest BCUT2D eigenvalue weighted by molar-refractivity contribution is 5.18. The standard InChI is InChI=1S/C16H18F12O3/c1-5-7-29-11(17,13(19,20)15(23,24)25)9(3)31-10(4)12(18,30-8-6-2)14(21,22)16(26,27)28/h3-8H2,1-2H3. The third-order valence-electron chi connectivity index (χ3n) is 3.49. The Bertz CT molecular complexity index is 589. The Morgan fingerprint density at radius 2 is 0.839 bits per heavy atom. The van der Waals surface area contributed by atoms with Gasteiger partial charge in [0, 0.05) is 0 Å². The lowest BCUT2D eigenvalue weighted by Gasteiger charge is -2.38. The Hall–Kier alpha value is -1.64. The highest BCUT2D eigenvalue weighted by Crippen LogP contribution is 2.53. The van der Waals surface area contributed by atoms with E-state index < -0.39 is 60.6 Å². The van der Waals surface area contributed by atoms with E-state index in [0.717, 1.165) is 13.8 Å². The van der Waals surface area contributed by atoms with E-state index in [9.17, 15) is 52.7 Å². The molecule has 0 bridgehead atoms. The van der Waals surface area contributed by atoms with Gasteiger partial charge in [0.05, 0.1) is 13.2 Å². The highest BCUT2D eigenvalue weighted by atomic mass is 19.4. The molecule has 184 valence electrons. The van der Waals surface area contributed by atoms with E-state index in [2.05, 4.69) is 27.4 Å². The maximum Gasteiger partial charge on any atom is 0.460 e. The van der Waals surface area contributed by atoms with E-state index in [4.69, 9.17) is 0 Å². The van der Waals surface area contributed by atoms with Crippen LogP contribution in [0.4, 0.5) is 52.7 Å². The summed E-state index contributed by atoms with van der Waals surface area (Å²) in [5, 5.41) is 0. The zero-order valence-corrected chi connectivity index (χ0v) is 16.0. The molecule has 0 aliphatic rings. The van der Waals surface area contributed by atoms with E-state index in [1.807, 2.05) is 0 Å². The highest BCUT2D eigenvalue weighted by Gasteiger charge is 2.77. The molecule has 0 aliphatic carbocycles. The van der Waals surface area contributed by atoms with Gasteiger partial charge in [-0.25, -0.2) is 0 Å². The fourth-order valence-electron chi connectivity index (χ4n) is 1.82. The molecule has 0 saturated heterocycles. The van der Waals surface area contributed by atoms with Crippen molar-refractivity contribution in [2.75, 3.05) is 13.2 Å². The minimum atomic E-state index is -6.66. The van der Waals surface area contributed by atoms with Gasteiger partial charge in [-0.1, -0.05) is 27.0 Å². The summed E-state index contributed by atoms with van der Waals surface area (Å²) in [6, 6.07) is 0. The molecular formula is C16H18F12O3. The lowest BCUT2D eigenvalue weighted by Crippen LogP contribution is -2.59. The number of halogens is 12. The topological polar surface area (TPSA) is 27.7 Å². The van der Waals surface area contributed by atoms with Gasteiger partial charge in [0.15, 0.2) is 11.5 Å². The van der Waals surface area contributed by atoms with Crippen molar-refractivity contribution < 1.29 is 66.9 Å². The summed E-state index contributed by atoms with van der Waals surface area (Å²) in [6.07, 6.45) is -14.0. The van der Waals surface area contributed by atoms with Gasteiger partial charge in [-0.15, -0.1) is 0 Å². The zero-order chi connectivity index (χ0) is 25.1. The van der Waals surface area contributed by atoms with Crippen LogP contribution >= 0.6 is 0 Å². The molecule has 15 heteroatoms. The van der Waals surface area contributed by atoms with E-state index in [-0.39, 0.29) is 12.8 Å². The molecular weight excluding hydrogens is 468 g/mol. The van der Waals surface area contributed by atoms with Gasteiger partial charge in [-0.05, 0) is 12.8 Å². The number of ether oxygens (including phenoxy) is 3. The van der Waals surface area contributed by atoms with Crippen LogP contribution in [0.25, 0.3) is 0 Å². The lowest BCUT2D eigenvalue weighted by atomic mass is 10.1. The van der Waals surface area contributed by atoms with Gasteiger partial charge in [0.2, 0.25) is 0 Å². The Morgan fingerprint density at radius 3 is 1.03 bits per heavy atom. The first kappa shape index (κ1) is 29.4. The molecule has 0 saturated carbocycles. The van der Waals surface area contributed by atoms with Crippen LogP contribution in [-0.2, 0) is 14.2 Å². The average Bonchev–Trinajstić information content (AvgIpc) is 2.61. The predicted octanol–water partition coefficient (Wildman–Crippen LogP) is 6.61. The molecule has 0 radical (unpaired) electrons. The molecule has 3 nitrogen and oxygen atoms in total. The maximum atomic E-state index is 14.6. The van der Waals surface area contributed by atoms with Crippen LogP contribution in [0.2, 0.25) is 0 Å². The van der Waals surface area contributed by atoms with Crippen LogP contribution in [0.5, 0.6) is 0 Å². The Morgan fingerprint density at radius 1 is 0.581 bits per heavy atom. The molecule has 0 aromatic rings. The van der Waals surface area contributed by atoms with Crippen LogP contribution in [-0.4, -0.2) is 49.1 Å². The predicted molar refractivity (Wildman–Crippen MR) is 81.5 cm³/mol. The largest absolute Gasteiger partial charge is 0.460 e. The minimum Gasteiger partial charge on any atom is -0.455 e. The first-order valence-corrected chi connectivity index (χ1v) is 8.28. The third-order valence-corrected chi connectivity index (χ3v) is 3.49. The quantitative estimate of drug-likeness (QED) is 0.230. The van der Waals surface area contributed by atoms with Gasteiger partial charge in [-0.3, -0.25) is 0 Å². The van der Waals surface area contributed by atoms with Crippen LogP contribution < -0.4 is 0 Å². The van der Waals surface area contributed by atoms with Crippen molar-refractivity contribution in [3.63, 3.8) is 0 Å². The molecule has 31 heavy (non-hydrogen) atoms. The van der Waals surface area contributed by atoms with E-state index in [1.54, 1.807) is 0 Å². The summed E-state index contributed by atoms with van der Waals surface area (Å²) in [5.41, 5.74) is 0. The summed E-state index contributed by atoms with van der Waals surface area (Å²) in [6.45, 7) is 4.67. The first-order chi connectivity index (χ1) is 13.7. The molecule has 2 atom stereocenters. The molecule has 0 heterocycles. The normalized spacial score (nSPS) is 17.6. The SMILES string of the molecule is C=C(OC(=C)C(F)(OCCC)C(F)(F)C(F)(F)F)C(F)(OCCC)C(F)(F)C(F)(F)F. The first-order valence-electron chi connectivity index (χ1n) is 8.28. The van der Waals surface area contributed by atoms with Crippen molar-refractivity contribution in [2.45, 2.75) is 62.6 Å². The molecule has 0 spiro atoms. The zero-order valence-electron chi connectivity index (χ0n) is 16.0. The number of hydrogen-bond acceptors (Lipinski definition) is 3. The van der Waals surface area contributed by atoms with Gasteiger partial charge < -0.3 is 14.2 Å². The van der Waals surface area contributed by atoms with Crippen LogP contribution in [0, 0.1) is 0 Å². The van der Waals surface area contributed by atoms with E-state index in [0.29, 0.717) is 0 Å². The van der Waals surface area contributed by atoms with Crippen LogP contribution in [0.3, 0.4) is 0 Å². The summed E-state index contributed by atoms with van der Waals surface area (Å²) in [5.74, 6) is -28.6. The minimum absolute atomic E-state index is 0.355. The van der Waals surface area contributed by atoms with E-state index >= 15 is 0 Å². The monoisotopic (exact) mass is 486 g/mol. The van der Waals surface area contributed by atoms with Crippen molar-refractivity contribution in [3.05, 3.63) is 24.7 Å². The second kappa shape index (κ2) is 9.46. The molecule has 0 rings (SSSR count). The Balaban J connectivity index is 6.28. The number of alkyl halides is 12. The lowest BCUT2D eigenvalue weighted by molar-refractivity contribution is -0.386. The summed E-state index contributed by atoms with van der Waals surface area (Å²) < 4.78 is 171. The number of hydrogen-bond donors (Lipinski definition) is 0.